The van der Waals surface area contributed by atoms with Gasteiger partial charge in [0.25, 0.3) is 0 Å². The number of alkyl halides is 3. The van der Waals surface area contributed by atoms with Crippen LogP contribution in [0.25, 0.3) is 0 Å². The molecule has 7 nitrogen and oxygen atoms in total. The summed E-state index contributed by atoms with van der Waals surface area (Å²) in [6, 6.07) is 15.3. The van der Waals surface area contributed by atoms with E-state index in [1.165, 1.54) is 56.2 Å². The van der Waals surface area contributed by atoms with Crippen LogP contribution in [-0.4, -0.2) is 39.7 Å². The molecule has 11 heteroatoms. The number of halogens is 3. The second kappa shape index (κ2) is 11.3. The molecule has 0 radical (unpaired) electrons. The minimum absolute atomic E-state index is 0.0183. The number of carbonyl (C=O) groups excluding carboxylic acids is 2. The zero-order valence-electron chi connectivity index (χ0n) is 20.8. The van der Waals surface area contributed by atoms with E-state index in [0.717, 1.165) is 16.5 Å². The molecule has 2 amide bonds. The van der Waals surface area contributed by atoms with Gasteiger partial charge in [-0.15, -0.1) is 11.8 Å². The fraction of sp³-hybridized carbons (Fsp3) is 0.259. The molecule has 0 aliphatic carbocycles. The van der Waals surface area contributed by atoms with Gasteiger partial charge < -0.3 is 24.4 Å². The third-order valence-electron chi connectivity index (χ3n) is 5.95. The Bertz CT molecular complexity index is 1320. The summed E-state index contributed by atoms with van der Waals surface area (Å²) in [4.78, 5) is 28.4. The highest BCUT2D eigenvalue weighted by molar-refractivity contribution is 7.99. The van der Waals surface area contributed by atoms with Crippen molar-refractivity contribution in [2.45, 2.75) is 22.7 Å². The van der Waals surface area contributed by atoms with E-state index < -0.39 is 24.2 Å². The first kappa shape index (κ1) is 27.2. The number of hydrogen-bond acceptors (Lipinski definition) is 6. The predicted octanol–water partition coefficient (Wildman–Crippen LogP) is 5.94. The van der Waals surface area contributed by atoms with Crippen LogP contribution in [0.2, 0.25) is 0 Å². The van der Waals surface area contributed by atoms with Crippen molar-refractivity contribution in [1.29, 1.82) is 0 Å². The Morgan fingerprint density at radius 1 is 1.00 bits per heavy atom. The Morgan fingerprint density at radius 3 is 2.26 bits per heavy atom. The lowest BCUT2D eigenvalue weighted by atomic mass is 10.1. The van der Waals surface area contributed by atoms with Gasteiger partial charge in [0.1, 0.15) is 6.54 Å². The standard InChI is InChI=1S/C27H25F3N2O5S/c1-35-20-12-16(13-21(36-2)26(20)37-3)23-14-25(34)32(19-10-6-7-11-22(19)38-23)15-24(33)31-18-9-5-4-8-17(18)27(28,29)30/h4-13,23H,14-15H2,1-3H3,(H,31,33)/t23-/m1/s1. The molecule has 0 saturated carbocycles. The van der Waals surface area contributed by atoms with Gasteiger partial charge >= 0.3 is 6.18 Å². The minimum Gasteiger partial charge on any atom is -0.493 e. The Morgan fingerprint density at radius 2 is 1.63 bits per heavy atom. The number of hydrogen-bond donors (Lipinski definition) is 1. The number of methoxy groups -OCH3 is 3. The van der Waals surface area contributed by atoms with Gasteiger partial charge in [-0.2, -0.15) is 13.2 Å². The molecular formula is C27H25F3N2O5S. The first-order valence-electron chi connectivity index (χ1n) is 11.5. The molecule has 0 spiro atoms. The number of carbonyl (C=O) groups is 2. The molecule has 4 rings (SSSR count). The van der Waals surface area contributed by atoms with Crippen LogP contribution in [0.15, 0.2) is 65.6 Å². The molecule has 3 aromatic carbocycles. The second-order valence-corrected chi connectivity index (χ2v) is 9.55. The van der Waals surface area contributed by atoms with Crippen molar-refractivity contribution in [3.05, 3.63) is 71.8 Å². The van der Waals surface area contributed by atoms with Crippen molar-refractivity contribution in [2.75, 3.05) is 38.1 Å². The number of nitrogens with zero attached hydrogens (tertiary/aromatic N) is 1. The maximum Gasteiger partial charge on any atom is 0.418 e. The summed E-state index contributed by atoms with van der Waals surface area (Å²) in [5.74, 6) is 0.182. The molecule has 1 heterocycles. The molecule has 0 bridgehead atoms. The molecule has 38 heavy (non-hydrogen) atoms. The fourth-order valence-electron chi connectivity index (χ4n) is 4.20. The third kappa shape index (κ3) is 5.67. The molecule has 0 aromatic heterocycles. The number of ether oxygens (including phenoxy) is 3. The summed E-state index contributed by atoms with van der Waals surface area (Å²) < 4.78 is 56.5. The molecule has 0 saturated heterocycles. The largest absolute Gasteiger partial charge is 0.493 e. The summed E-state index contributed by atoms with van der Waals surface area (Å²) in [7, 11) is 4.49. The molecule has 1 N–H and O–H groups in total. The van der Waals surface area contributed by atoms with Crippen LogP contribution < -0.4 is 24.4 Å². The topological polar surface area (TPSA) is 77.1 Å². The Labute approximate surface area is 221 Å². The predicted molar refractivity (Wildman–Crippen MR) is 138 cm³/mol. The monoisotopic (exact) mass is 546 g/mol. The maximum atomic E-state index is 13.5. The van der Waals surface area contributed by atoms with Crippen molar-refractivity contribution in [2.24, 2.45) is 0 Å². The van der Waals surface area contributed by atoms with Crippen LogP contribution in [0.4, 0.5) is 24.5 Å². The van der Waals surface area contributed by atoms with Gasteiger partial charge in [-0.25, -0.2) is 0 Å². The number of thioether (sulfide) groups is 1. The van der Waals surface area contributed by atoms with E-state index in [-0.39, 0.29) is 23.3 Å². The number of para-hydroxylation sites is 2. The van der Waals surface area contributed by atoms with Gasteiger partial charge in [0.15, 0.2) is 11.5 Å². The Hall–Kier alpha value is -3.86. The highest BCUT2D eigenvalue weighted by Gasteiger charge is 2.35. The van der Waals surface area contributed by atoms with Crippen LogP contribution in [0.5, 0.6) is 17.2 Å². The molecule has 0 unspecified atom stereocenters. The number of fused-ring (bicyclic) bond motifs is 1. The number of amides is 2. The SMILES string of the molecule is COc1cc([C@H]2CC(=O)N(CC(=O)Nc3ccccc3C(F)(F)F)c3ccccc3S2)cc(OC)c1OC. The highest BCUT2D eigenvalue weighted by atomic mass is 32.2. The van der Waals surface area contributed by atoms with E-state index in [1.54, 1.807) is 24.3 Å². The van der Waals surface area contributed by atoms with E-state index >= 15 is 0 Å². The summed E-state index contributed by atoms with van der Waals surface area (Å²) in [6.45, 7) is -0.454. The normalized spacial score (nSPS) is 15.4. The van der Waals surface area contributed by atoms with E-state index in [1.807, 2.05) is 12.1 Å². The smallest absolute Gasteiger partial charge is 0.418 e. The Kier molecular flexibility index (Phi) is 8.05. The Balaban J connectivity index is 1.64. The lowest BCUT2D eigenvalue weighted by Crippen LogP contribution is -2.38. The number of nitrogens with one attached hydrogen (secondary N) is 1. The number of anilines is 2. The van der Waals surface area contributed by atoms with E-state index in [9.17, 15) is 22.8 Å². The van der Waals surface area contributed by atoms with Crippen molar-refractivity contribution >= 4 is 35.0 Å². The fourth-order valence-corrected chi connectivity index (χ4v) is 5.46. The van der Waals surface area contributed by atoms with Crippen molar-refractivity contribution in [3.8, 4) is 17.2 Å². The molecule has 200 valence electrons. The van der Waals surface area contributed by atoms with Gasteiger partial charge in [0.2, 0.25) is 17.6 Å². The van der Waals surface area contributed by atoms with Crippen LogP contribution >= 0.6 is 11.8 Å². The zero-order valence-corrected chi connectivity index (χ0v) is 21.6. The van der Waals surface area contributed by atoms with Crippen LogP contribution in [-0.2, 0) is 15.8 Å². The molecule has 3 aromatic rings. The lowest BCUT2D eigenvalue weighted by molar-refractivity contribution is -0.137. The van der Waals surface area contributed by atoms with Crippen LogP contribution in [0.1, 0.15) is 22.8 Å². The van der Waals surface area contributed by atoms with Crippen molar-refractivity contribution in [3.63, 3.8) is 0 Å². The number of benzene rings is 3. The van der Waals surface area contributed by atoms with E-state index in [0.29, 0.717) is 22.9 Å². The van der Waals surface area contributed by atoms with Crippen LogP contribution in [0.3, 0.4) is 0 Å². The van der Waals surface area contributed by atoms with E-state index in [2.05, 4.69) is 5.32 Å². The van der Waals surface area contributed by atoms with Crippen molar-refractivity contribution in [1.82, 2.24) is 0 Å². The first-order valence-corrected chi connectivity index (χ1v) is 12.4. The average Bonchev–Trinajstić information content (AvgIpc) is 3.03. The molecule has 1 aliphatic heterocycles. The number of rotatable bonds is 7. The molecular weight excluding hydrogens is 521 g/mol. The van der Waals surface area contributed by atoms with Gasteiger partial charge in [-0.3, -0.25) is 9.59 Å². The molecule has 1 atom stereocenters. The summed E-state index contributed by atoms with van der Waals surface area (Å²) >= 11 is 1.43. The van der Waals surface area contributed by atoms with Gasteiger partial charge in [-0.05, 0) is 42.0 Å². The van der Waals surface area contributed by atoms with Gasteiger partial charge in [-0.1, -0.05) is 24.3 Å². The first-order chi connectivity index (χ1) is 18.2. The van der Waals surface area contributed by atoms with Gasteiger partial charge in [0, 0.05) is 16.6 Å². The third-order valence-corrected chi connectivity index (χ3v) is 7.28. The maximum absolute atomic E-state index is 13.5. The lowest BCUT2D eigenvalue weighted by Gasteiger charge is -2.22. The summed E-state index contributed by atoms with van der Waals surface area (Å²) in [6.07, 6.45) is -4.62. The highest BCUT2D eigenvalue weighted by Crippen LogP contribution is 2.49. The van der Waals surface area contributed by atoms with Crippen molar-refractivity contribution < 1.29 is 37.0 Å². The van der Waals surface area contributed by atoms with E-state index in [4.69, 9.17) is 14.2 Å². The quantitative estimate of drug-likeness (QED) is 0.395. The van der Waals surface area contributed by atoms with Gasteiger partial charge in [0.05, 0.1) is 38.3 Å². The zero-order chi connectivity index (χ0) is 27.4. The van der Waals surface area contributed by atoms with Crippen LogP contribution in [0, 0.1) is 0 Å². The average molecular weight is 547 g/mol. The second-order valence-electron chi connectivity index (χ2n) is 8.31. The summed E-state index contributed by atoms with van der Waals surface area (Å²) in [5.41, 5.74) is -0.0889. The minimum atomic E-state index is -4.64. The molecule has 1 aliphatic rings. The summed E-state index contributed by atoms with van der Waals surface area (Å²) in [5, 5.41) is 1.95. The molecule has 0 fully saturated rings.